The Balaban J connectivity index is 1.48. The summed E-state index contributed by atoms with van der Waals surface area (Å²) < 4.78 is 2.01. The first-order valence-electron chi connectivity index (χ1n) is 10.1. The SMILES string of the molecule is Cc1ccc(Sc2ncccc2C(=O)NCc2ccccc2Cn2ccnc2)cc1C. The Hall–Kier alpha value is -3.38. The second kappa shape index (κ2) is 9.62. The van der Waals surface area contributed by atoms with E-state index in [-0.39, 0.29) is 5.91 Å². The number of benzene rings is 2. The molecule has 1 N–H and O–H groups in total. The predicted molar refractivity (Wildman–Crippen MR) is 123 cm³/mol. The topological polar surface area (TPSA) is 59.8 Å². The Labute approximate surface area is 186 Å². The van der Waals surface area contributed by atoms with Gasteiger partial charge in [-0.15, -0.1) is 0 Å². The van der Waals surface area contributed by atoms with Crippen molar-refractivity contribution < 1.29 is 4.79 Å². The van der Waals surface area contributed by atoms with Gasteiger partial charge in [0.1, 0.15) is 5.03 Å². The fourth-order valence-corrected chi connectivity index (χ4v) is 4.25. The van der Waals surface area contributed by atoms with Gasteiger partial charge in [-0.2, -0.15) is 0 Å². The maximum atomic E-state index is 13.0. The molecule has 0 atom stereocenters. The minimum atomic E-state index is -0.128. The summed E-state index contributed by atoms with van der Waals surface area (Å²) in [6, 6.07) is 18.0. The molecule has 0 radical (unpaired) electrons. The summed E-state index contributed by atoms with van der Waals surface area (Å²) in [6.45, 7) is 5.35. The molecule has 156 valence electrons. The number of aromatic nitrogens is 3. The third-order valence-corrected chi connectivity index (χ3v) is 6.19. The van der Waals surface area contributed by atoms with Crippen LogP contribution >= 0.6 is 11.8 Å². The molecular weight excluding hydrogens is 404 g/mol. The maximum absolute atomic E-state index is 13.0. The van der Waals surface area contributed by atoms with Crippen LogP contribution in [0.25, 0.3) is 0 Å². The highest BCUT2D eigenvalue weighted by Crippen LogP contribution is 2.30. The predicted octanol–water partition coefficient (Wildman–Crippen LogP) is 5.02. The van der Waals surface area contributed by atoms with E-state index in [1.807, 2.05) is 35.0 Å². The fourth-order valence-electron chi connectivity index (χ4n) is 3.27. The van der Waals surface area contributed by atoms with Gasteiger partial charge in [-0.05, 0) is 60.4 Å². The molecule has 4 rings (SSSR count). The van der Waals surface area contributed by atoms with Crippen LogP contribution in [0.2, 0.25) is 0 Å². The number of carbonyl (C=O) groups excluding carboxylic acids is 1. The summed E-state index contributed by atoms with van der Waals surface area (Å²) in [6.07, 6.45) is 7.21. The number of rotatable bonds is 7. The van der Waals surface area contributed by atoms with Gasteiger partial charge in [0.15, 0.2) is 0 Å². The number of amides is 1. The lowest BCUT2D eigenvalue weighted by Crippen LogP contribution is -2.24. The average Bonchev–Trinajstić information content (AvgIpc) is 3.29. The smallest absolute Gasteiger partial charge is 0.254 e. The molecule has 31 heavy (non-hydrogen) atoms. The summed E-state index contributed by atoms with van der Waals surface area (Å²) in [5.41, 5.74) is 5.28. The van der Waals surface area contributed by atoms with Crippen molar-refractivity contribution in [3.8, 4) is 0 Å². The van der Waals surface area contributed by atoms with Gasteiger partial charge in [0.05, 0.1) is 11.9 Å². The van der Waals surface area contributed by atoms with Crippen molar-refractivity contribution in [2.45, 2.75) is 36.9 Å². The Morgan fingerprint density at radius 2 is 1.84 bits per heavy atom. The van der Waals surface area contributed by atoms with Gasteiger partial charge in [0.2, 0.25) is 0 Å². The molecule has 2 heterocycles. The van der Waals surface area contributed by atoms with Crippen molar-refractivity contribution >= 4 is 17.7 Å². The normalized spacial score (nSPS) is 10.8. The minimum Gasteiger partial charge on any atom is -0.348 e. The van der Waals surface area contributed by atoms with E-state index < -0.39 is 0 Å². The number of hydrogen-bond acceptors (Lipinski definition) is 4. The summed E-state index contributed by atoms with van der Waals surface area (Å²) in [4.78, 5) is 22.6. The van der Waals surface area contributed by atoms with Crippen LogP contribution < -0.4 is 5.32 Å². The van der Waals surface area contributed by atoms with Gasteiger partial charge >= 0.3 is 0 Å². The lowest BCUT2D eigenvalue weighted by molar-refractivity contribution is 0.0947. The van der Waals surface area contributed by atoms with Gasteiger partial charge in [-0.1, -0.05) is 42.1 Å². The van der Waals surface area contributed by atoms with Gasteiger partial charge in [-0.3, -0.25) is 4.79 Å². The zero-order chi connectivity index (χ0) is 21.6. The second-order valence-corrected chi connectivity index (χ2v) is 8.45. The molecule has 1 amide bonds. The molecule has 6 heteroatoms. The minimum absolute atomic E-state index is 0.128. The lowest BCUT2D eigenvalue weighted by atomic mass is 10.1. The molecule has 0 spiro atoms. The van der Waals surface area contributed by atoms with Crippen LogP contribution in [0.5, 0.6) is 0 Å². The quantitative estimate of drug-likeness (QED) is 0.449. The molecule has 0 saturated heterocycles. The molecule has 4 aromatic rings. The molecule has 5 nitrogen and oxygen atoms in total. The average molecular weight is 429 g/mol. The fraction of sp³-hybridized carbons (Fsp3) is 0.160. The molecule has 0 aliphatic carbocycles. The van der Waals surface area contributed by atoms with Gasteiger partial charge < -0.3 is 9.88 Å². The lowest BCUT2D eigenvalue weighted by Gasteiger charge is -2.13. The Kier molecular flexibility index (Phi) is 6.48. The molecule has 2 aromatic carbocycles. The highest BCUT2D eigenvalue weighted by molar-refractivity contribution is 7.99. The summed E-state index contributed by atoms with van der Waals surface area (Å²) in [5, 5.41) is 3.77. The van der Waals surface area contributed by atoms with Crippen LogP contribution in [0.15, 0.2) is 89.4 Å². The van der Waals surface area contributed by atoms with E-state index in [0.717, 1.165) is 16.0 Å². The molecule has 0 aliphatic rings. The third-order valence-electron chi connectivity index (χ3n) is 5.18. The summed E-state index contributed by atoms with van der Waals surface area (Å²) in [5.74, 6) is -0.128. The molecule has 0 saturated carbocycles. The number of hydrogen-bond donors (Lipinski definition) is 1. The first-order chi connectivity index (χ1) is 15.1. The van der Waals surface area contributed by atoms with Gasteiger partial charge in [0.25, 0.3) is 5.91 Å². The number of carbonyl (C=O) groups is 1. The van der Waals surface area contributed by atoms with E-state index in [1.54, 1.807) is 24.8 Å². The van der Waals surface area contributed by atoms with E-state index in [9.17, 15) is 4.79 Å². The first kappa shape index (κ1) is 20.9. The van der Waals surface area contributed by atoms with Crippen LogP contribution in [0.4, 0.5) is 0 Å². The number of aryl methyl sites for hydroxylation is 2. The van der Waals surface area contributed by atoms with Crippen LogP contribution in [0.3, 0.4) is 0 Å². The maximum Gasteiger partial charge on any atom is 0.254 e. The van der Waals surface area contributed by atoms with Crippen molar-refractivity contribution in [1.29, 1.82) is 0 Å². The highest BCUT2D eigenvalue weighted by atomic mass is 32.2. The summed E-state index contributed by atoms with van der Waals surface area (Å²) >= 11 is 1.51. The van der Waals surface area contributed by atoms with E-state index >= 15 is 0 Å². The second-order valence-electron chi connectivity index (χ2n) is 7.39. The van der Waals surface area contributed by atoms with Crippen molar-refractivity contribution in [1.82, 2.24) is 19.9 Å². The Morgan fingerprint density at radius 3 is 2.61 bits per heavy atom. The monoisotopic (exact) mass is 428 g/mol. The molecular formula is C25H24N4OS. The van der Waals surface area contributed by atoms with Crippen LogP contribution in [0.1, 0.15) is 32.6 Å². The van der Waals surface area contributed by atoms with Crippen molar-refractivity contribution in [3.05, 3.63) is 107 Å². The van der Waals surface area contributed by atoms with E-state index in [1.165, 1.54) is 22.9 Å². The Bertz CT molecular complexity index is 1190. The summed E-state index contributed by atoms with van der Waals surface area (Å²) in [7, 11) is 0. The molecule has 2 aromatic heterocycles. The van der Waals surface area contributed by atoms with Gasteiger partial charge in [-0.25, -0.2) is 9.97 Å². The van der Waals surface area contributed by atoms with Crippen molar-refractivity contribution in [2.24, 2.45) is 0 Å². The molecule has 0 fully saturated rings. The molecule has 0 aliphatic heterocycles. The first-order valence-corrected chi connectivity index (χ1v) is 10.9. The van der Waals surface area contributed by atoms with Crippen LogP contribution in [0, 0.1) is 13.8 Å². The van der Waals surface area contributed by atoms with Gasteiger partial charge in [0, 0.05) is 36.6 Å². The van der Waals surface area contributed by atoms with Crippen LogP contribution in [-0.4, -0.2) is 20.4 Å². The number of nitrogens with one attached hydrogen (secondary N) is 1. The standard InChI is InChI=1S/C25H24N4OS/c1-18-9-10-22(14-19(18)2)31-25-23(8-5-11-27-25)24(30)28-15-20-6-3-4-7-21(20)16-29-13-12-26-17-29/h3-14,17H,15-16H2,1-2H3,(H,28,30). The van der Waals surface area contributed by atoms with E-state index in [2.05, 4.69) is 53.4 Å². The molecule has 0 bridgehead atoms. The number of imidazole rings is 1. The van der Waals surface area contributed by atoms with Crippen molar-refractivity contribution in [3.63, 3.8) is 0 Å². The van der Waals surface area contributed by atoms with E-state index in [4.69, 9.17) is 0 Å². The third kappa shape index (κ3) is 5.22. The highest BCUT2D eigenvalue weighted by Gasteiger charge is 2.14. The van der Waals surface area contributed by atoms with E-state index in [0.29, 0.717) is 23.7 Å². The number of pyridine rings is 1. The Morgan fingerprint density at radius 1 is 1.00 bits per heavy atom. The number of nitrogens with zero attached hydrogens (tertiary/aromatic N) is 3. The zero-order valence-corrected chi connectivity index (χ0v) is 18.4. The largest absolute Gasteiger partial charge is 0.348 e. The van der Waals surface area contributed by atoms with Crippen molar-refractivity contribution in [2.75, 3.05) is 0 Å². The zero-order valence-electron chi connectivity index (χ0n) is 17.6. The molecule has 0 unspecified atom stereocenters. The van der Waals surface area contributed by atoms with Crippen LogP contribution in [-0.2, 0) is 13.1 Å².